The number of imide groups is 1. The number of piperidine rings is 2. The minimum atomic E-state index is -0.760. The van der Waals surface area contributed by atoms with Crippen LogP contribution in [-0.4, -0.2) is 112 Å². The van der Waals surface area contributed by atoms with Gasteiger partial charge in [-0.15, -0.1) is 0 Å². The van der Waals surface area contributed by atoms with Gasteiger partial charge in [-0.2, -0.15) is 4.98 Å². The summed E-state index contributed by atoms with van der Waals surface area (Å²) in [5.74, 6) is -0.608. The lowest BCUT2D eigenvalue weighted by Crippen LogP contribution is -2.59. The molecule has 8 rings (SSSR count). The van der Waals surface area contributed by atoms with Gasteiger partial charge in [0, 0.05) is 98.8 Å². The lowest BCUT2D eigenvalue weighted by molar-refractivity contribution is -0.137. The lowest BCUT2D eigenvalue weighted by Gasteiger charge is -2.50. The zero-order chi connectivity index (χ0) is 44.0. The number of likely N-dealkylation sites (N-methyl/N-ethyl adjacent to an activating group) is 1. The summed E-state index contributed by atoms with van der Waals surface area (Å²) < 4.78 is 22.3. The molecule has 62 heavy (non-hydrogen) atoms. The standard InChI is InChI=1S/C44H52ClFN10O6/c1-25(2)56-33-7-6-29(18-26(33)19-36(42(56)61)62-24-38(58)47-5)49-39-32(45)22-48-43(51-39)53-14-16-54(17-15-53)44(3,4)27-10-12-52(13-11-27)35-21-28(46)20-30-31(35)23-55(41(30)60)34-8-9-37(57)50-40(34)59/h6-7,18-22,25,27,34H,8-17,23-24H2,1-5H3,(H,47,58)(H,48,49,51)(H,50,57,59). The zero-order valence-electron chi connectivity index (χ0n) is 35.6. The normalized spacial score (nSPS) is 19.0. The van der Waals surface area contributed by atoms with E-state index in [4.69, 9.17) is 21.3 Å². The molecule has 1 atom stereocenters. The number of hydrogen-bond donors (Lipinski definition) is 3. The van der Waals surface area contributed by atoms with Crippen molar-refractivity contribution >= 4 is 69.3 Å². The number of carbonyl (C=O) groups is 4. The Labute approximate surface area is 363 Å². The highest BCUT2D eigenvalue weighted by Gasteiger charge is 2.43. The molecule has 0 radical (unpaired) electrons. The van der Waals surface area contributed by atoms with Crippen molar-refractivity contribution in [2.45, 2.75) is 77.5 Å². The van der Waals surface area contributed by atoms with E-state index >= 15 is 4.39 Å². The number of amides is 4. The first-order valence-corrected chi connectivity index (χ1v) is 21.5. The number of rotatable bonds is 11. The molecule has 0 saturated carbocycles. The van der Waals surface area contributed by atoms with Crippen molar-refractivity contribution in [1.82, 2.24) is 35.0 Å². The molecule has 0 aliphatic carbocycles. The van der Waals surface area contributed by atoms with Crippen LogP contribution in [0.2, 0.25) is 5.02 Å². The number of hydrogen-bond acceptors (Lipinski definition) is 12. The highest BCUT2D eigenvalue weighted by atomic mass is 35.5. The Bertz CT molecular complexity index is 2500. The van der Waals surface area contributed by atoms with E-state index in [0.717, 1.165) is 42.4 Å². The Morgan fingerprint density at radius 1 is 1.00 bits per heavy atom. The summed E-state index contributed by atoms with van der Waals surface area (Å²) in [7, 11) is 1.51. The third kappa shape index (κ3) is 8.27. The summed E-state index contributed by atoms with van der Waals surface area (Å²) in [6.45, 7) is 12.7. The number of benzene rings is 2. The highest BCUT2D eigenvalue weighted by Crippen LogP contribution is 2.40. The monoisotopic (exact) mass is 870 g/mol. The van der Waals surface area contributed by atoms with Crippen molar-refractivity contribution in [3.05, 3.63) is 74.9 Å². The fraction of sp³-hybridized carbons (Fsp3) is 0.477. The Morgan fingerprint density at radius 3 is 2.44 bits per heavy atom. The Balaban J connectivity index is 0.902. The molecule has 0 spiro atoms. The molecular formula is C44H52ClFN10O6. The summed E-state index contributed by atoms with van der Waals surface area (Å²) in [6, 6.07) is 9.09. The van der Waals surface area contributed by atoms with Gasteiger partial charge in [-0.1, -0.05) is 11.6 Å². The topological polar surface area (TPSA) is 174 Å². The average molecular weight is 871 g/mol. The zero-order valence-corrected chi connectivity index (χ0v) is 36.4. The number of aromatic nitrogens is 3. The molecule has 4 aliphatic heterocycles. The van der Waals surface area contributed by atoms with E-state index in [9.17, 15) is 24.0 Å². The van der Waals surface area contributed by atoms with E-state index in [-0.39, 0.29) is 72.2 Å². The third-order valence-electron chi connectivity index (χ3n) is 13.0. The van der Waals surface area contributed by atoms with Crippen LogP contribution in [0.4, 0.5) is 27.5 Å². The number of anilines is 4. The van der Waals surface area contributed by atoms with E-state index in [2.05, 4.69) is 49.5 Å². The highest BCUT2D eigenvalue weighted by molar-refractivity contribution is 6.33. The second-order valence-electron chi connectivity index (χ2n) is 17.2. The molecule has 4 aromatic rings. The molecule has 3 fully saturated rings. The maximum Gasteiger partial charge on any atom is 0.293 e. The summed E-state index contributed by atoms with van der Waals surface area (Å²) in [6.07, 6.45) is 3.77. The molecule has 6 heterocycles. The van der Waals surface area contributed by atoms with E-state index in [1.165, 1.54) is 24.1 Å². The van der Waals surface area contributed by atoms with Gasteiger partial charge in [0.1, 0.15) is 16.9 Å². The van der Waals surface area contributed by atoms with Crippen LogP contribution < -0.4 is 36.0 Å². The lowest BCUT2D eigenvalue weighted by atomic mass is 9.78. The Morgan fingerprint density at radius 2 is 1.74 bits per heavy atom. The largest absolute Gasteiger partial charge is 0.478 e. The van der Waals surface area contributed by atoms with Crippen LogP contribution in [0.1, 0.15) is 75.3 Å². The number of halogens is 2. The fourth-order valence-electron chi connectivity index (χ4n) is 9.42. The van der Waals surface area contributed by atoms with Crippen molar-refractivity contribution in [2.75, 3.05) is 68.0 Å². The first-order chi connectivity index (χ1) is 29.6. The minimum absolute atomic E-state index is 0.0779. The molecule has 18 heteroatoms. The second kappa shape index (κ2) is 17.2. The number of ether oxygens (including phenoxy) is 1. The van der Waals surface area contributed by atoms with Crippen LogP contribution in [-0.2, 0) is 20.9 Å². The SMILES string of the molecule is CNC(=O)COc1cc2cc(Nc3nc(N4CCN(C(C)(C)C5CCN(c6cc(F)cc7c6CN(C6CCC(=O)NC6=O)C7=O)CC5)CC4)ncc3Cl)ccc2n(C(C)C)c1=O. The molecule has 16 nitrogen and oxygen atoms in total. The Hall–Kier alpha value is -5.81. The quantitative estimate of drug-likeness (QED) is 0.179. The van der Waals surface area contributed by atoms with Gasteiger partial charge in [0.25, 0.3) is 17.4 Å². The average Bonchev–Trinajstić information content (AvgIpc) is 3.58. The van der Waals surface area contributed by atoms with Crippen molar-refractivity contribution in [2.24, 2.45) is 5.92 Å². The van der Waals surface area contributed by atoms with Gasteiger partial charge in [0.05, 0.1) is 11.7 Å². The number of fused-ring (bicyclic) bond motifs is 2. The van der Waals surface area contributed by atoms with Gasteiger partial charge in [0.15, 0.2) is 18.2 Å². The maximum atomic E-state index is 15.0. The van der Waals surface area contributed by atoms with Crippen LogP contribution in [0.3, 0.4) is 0 Å². The van der Waals surface area contributed by atoms with Gasteiger partial charge in [-0.3, -0.25) is 34.2 Å². The molecule has 2 aromatic carbocycles. The van der Waals surface area contributed by atoms with Gasteiger partial charge < -0.3 is 34.6 Å². The molecule has 3 saturated heterocycles. The first-order valence-electron chi connectivity index (χ1n) is 21.2. The van der Waals surface area contributed by atoms with Crippen LogP contribution in [0, 0.1) is 11.7 Å². The molecule has 4 aliphatic rings. The number of nitrogens with zero attached hydrogens (tertiary/aromatic N) is 7. The first kappa shape index (κ1) is 42.9. The van der Waals surface area contributed by atoms with E-state index in [1.807, 2.05) is 32.0 Å². The summed E-state index contributed by atoms with van der Waals surface area (Å²) in [4.78, 5) is 80.7. The minimum Gasteiger partial charge on any atom is -0.478 e. The third-order valence-corrected chi connectivity index (χ3v) is 13.2. The van der Waals surface area contributed by atoms with Crippen molar-refractivity contribution in [1.29, 1.82) is 0 Å². The van der Waals surface area contributed by atoms with E-state index < -0.39 is 17.8 Å². The summed E-state index contributed by atoms with van der Waals surface area (Å²) in [5.41, 5.74) is 2.67. The van der Waals surface area contributed by atoms with Gasteiger partial charge >= 0.3 is 0 Å². The number of pyridine rings is 1. The summed E-state index contributed by atoms with van der Waals surface area (Å²) >= 11 is 6.63. The van der Waals surface area contributed by atoms with Crippen LogP contribution in [0.15, 0.2) is 47.4 Å². The summed E-state index contributed by atoms with van der Waals surface area (Å²) in [5, 5.41) is 9.25. The molecule has 1 unspecified atom stereocenters. The molecular weight excluding hydrogens is 819 g/mol. The number of piperazine rings is 1. The predicted molar refractivity (Wildman–Crippen MR) is 234 cm³/mol. The van der Waals surface area contributed by atoms with Crippen molar-refractivity contribution < 1.29 is 28.3 Å². The molecule has 3 N–H and O–H groups in total. The second-order valence-corrected chi connectivity index (χ2v) is 17.7. The van der Waals surface area contributed by atoms with Gasteiger partial charge in [-0.05, 0) is 89.3 Å². The van der Waals surface area contributed by atoms with Gasteiger partial charge in [0.2, 0.25) is 17.8 Å². The Kier molecular flexibility index (Phi) is 11.9. The number of carbonyl (C=O) groups excluding carboxylic acids is 4. The fourth-order valence-corrected chi connectivity index (χ4v) is 9.56. The van der Waals surface area contributed by atoms with Gasteiger partial charge in [-0.25, -0.2) is 9.37 Å². The molecule has 328 valence electrons. The van der Waals surface area contributed by atoms with Crippen molar-refractivity contribution in [3.63, 3.8) is 0 Å². The van der Waals surface area contributed by atoms with Crippen LogP contribution >= 0.6 is 11.6 Å². The van der Waals surface area contributed by atoms with Crippen LogP contribution in [0.5, 0.6) is 5.75 Å². The van der Waals surface area contributed by atoms with E-state index in [0.29, 0.717) is 60.3 Å². The van der Waals surface area contributed by atoms with E-state index in [1.54, 1.807) is 16.8 Å². The smallest absolute Gasteiger partial charge is 0.293 e. The maximum absolute atomic E-state index is 15.0. The molecule has 2 aromatic heterocycles. The van der Waals surface area contributed by atoms with Crippen LogP contribution in [0.25, 0.3) is 10.9 Å². The van der Waals surface area contributed by atoms with Crippen molar-refractivity contribution in [3.8, 4) is 5.75 Å². The predicted octanol–water partition coefficient (Wildman–Crippen LogP) is 4.61. The molecule has 4 amide bonds. The number of nitrogens with one attached hydrogen (secondary N) is 3. The molecule has 0 bridgehead atoms.